The van der Waals surface area contributed by atoms with Crippen LogP contribution in [0.2, 0.25) is 0 Å². The predicted molar refractivity (Wildman–Crippen MR) is 126 cm³/mol. The Labute approximate surface area is 186 Å². The van der Waals surface area contributed by atoms with E-state index in [1.165, 1.54) is 12.0 Å². The van der Waals surface area contributed by atoms with E-state index in [9.17, 15) is 5.26 Å². The predicted octanol–water partition coefficient (Wildman–Crippen LogP) is 5.76. The highest BCUT2D eigenvalue weighted by Crippen LogP contribution is 2.46. The Bertz CT molecular complexity index is 1200. The molecule has 2 aliphatic heterocycles. The monoisotopic (exact) mass is 425 g/mol. The van der Waals surface area contributed by atoms with Gasteiger partial charge >= 0.3 is 0 Å². The molecule has 0 unspecified atom stereocenters. The first-order valence-corrected chi connectivity index (χ1v) is 11.5. The highest BCUT2D eigenvalue weighted by atomic mass is 32.2. The fraction of sp³-hybridized carbons (Fsp3) is 0.240. The standard InChI is InChI=1S/C25H23N5S/c1-18-11-13-19(14-12-18)22-17-31-25(30(22)20-8-4-2-5-9-20)21(16-26)24-28-27-23-10-6-3-7-15-29(23)24/h2,4-5,8-9,11-14,17H,3,6-7,10,15H2,1H3. The largest absolute Gasteiger partial charge is 0.310 e. The number of thioether (sulfide) groups is 1. The van der Waals surface area contributed by atoms with E-state index in [-0.39, 0.29) is 0 Å². The minimum absolute atomic E-state index is 0.577. The van der Waals surface area contributed by atoms with Crippen LogP contribution in [0.5, 0.6) is 0 Å². The molecule has 0 radical (unpaired) electrons. The number of hydrogen-bond acceptors (Lipinski definition) is 5. The van der Waals surface area contributed by atoms with Crippen molar-refractivity contribution in [3.05, 3.63) is 87.8 Å². The van der Waals surface area contributed by atoms with Crippen molar-refractivity contribution < 1.29 is 0 Å². The Morgan fingerprint density at radius 1 is 1.00 bits per heavy atom. The van der Waals surface area contributed by atoms with Crippen molar-refractivity contribution in [3.8, 4) is 6.07 Å². The molecular formula is C25H23N5S. The zero-order chi connectivity index (χ0) is 21.2. The van der Waals surface area contributed by atoms with Crippen LogP contribution in [0.3, 0.4) is 0 Å². The SMILES string of the molecule is Cc1ccc(C2=CSC(=C(C#N)c3nnc4n3CCCCC4)N2c2ccccc2)cc1. The van der Waals surface area contributed by atoms with Crippen LogP contribution in [0.15, 0.2) is 65.0 Å². The second kappa shape index (κ2) is 8.44. The number of aromatic nitrogens is 3. The second-order valence-electron chi connectivity index (χ2n) is 7.85. The molecule has 2 aromatic carbocycles. The zero-order valence-corrected chi connectivity index (χ0v) is 18.3. The summed E-state index contributed by atoms with van der Waals surface area (Å²) in [4.78, 5) is 2.17. The van der Waals surface area contributed by atoms with Gasteiger partial charge in [-0.3, -0.25) is 0 Å². The molecule has 154 valence electrons. The van der Waals surface area contributed by atoms with Crippen molar-refractivity contribution in [1.29, 1.82) is 5.26 Å². The van der Waals surface area contributed by atoms with Crippen LogP contribution in [0.25, 0.3) is 11.3 Å². The molecule has 0 N–H and O–H groups in total. The Kier molecular flexibility index (Phi) is 5.35. The summed E-state index contributed by atoms with van der Waals surface area (Å²) >= 11 is 1.58. The number of nitrogens with zero attached hydrogens (tertiary/aromatic N) is 5. The lowest BCUT2D eigenvalue weighted by atomic mass is 10.1. The van der Waals surface area contributed by atoms with Gasteiger partial charge in [-0.05, 0) is 37.5 Å². The lowest BCUT2D eigenvalue weighted by molar-refractivity contribution is 0.627. The van der Waals surface area contributed by atoms with Crippen molar-refractivity contribution in [1.82, 2.24) is 14.8 Å². The minimum Gasteiger partial charge on any atom is -0.310 e. The quantitative estimate of drug-likeness (QED) is 0.500. The first kappa shape index (κ1) is 19.7. The van der Waals surface area contributed by atoms with Crippen LogP contribution in [-0.2, 0) is 13.0 Å². The normalized spacial score (nSPS) is 17.5. The van der Waals surface area contributed by atoms with Gasteiger partial charge in [0, 0.05) is 24.1 Å². The molecular weight excluding hydrogens is 402 g/mol. The van der Waals surface area contributed by atoms with Crippen LogP contribution in [0.1, 0.15) is 42.0 Å². The van der Waals surface area contributed by atoms with Crippen LogP contribution in [0.4, 0.5) is 5.69 Å². The van der Waals surface area contributed by atoms with E-state index in [0.717, 1.165) is 53.6 Å². The third-order valence-electron chi connectivity index (χ3n) is 5.75. The maximum atomic E-state index is 10.2. The number of rotatable bonds is 3. The molecule has 0 spiro atoms. The van der Waals surface area contributed by atoms with Gasteiger partial charge in [0.1, 0.15) is 22.5 Å². The maximum absolute atomic E-state index is 10.2. The van der Waals surface area contributed by atoms with Crippen LogP contribution in [0, 0.1) is 18.3 Å². The van der Waals surface area contributed by atoms with Crippen molar-refractivity contribution in [3.63, 3.8) is 0 Å². The molecule has 3 aromatic rings. The molecule has 6 heteroatoms. The molecule has 2 aliphatic rings. The highest BCUT2D eigenvalue weighted by molar-refractivity contribution is 8.06. The van der Waals surface area contributed by atoms with Gasteiger partial charge in [-0.1, -0.05) is 66.2 Å². The molecule has 0 saturated carbocycles. The smallest absolute Gasteiger partial charge is 0.177 e. The van der Waals surface area contributed by atoms with Crippen molar-refractivity contribution in [2.45, 2.75) is 39.2 Å². The Morgan fingerprint density at radius 3 is 2.58 bits per heavy atom. The lowest BCUT2D eigenvalue weighted by Crippen LogP contribution is -2.18. The Hall–Kier alpha value is -3.30. The molecule has 3 heterocycles. The van der Waals surface area contributed by atoms with E-state index in [1.807, 2.05) is 18.2 Å². The number of aryl methyl sites for hydroxylation is 2. The summed E-state index contributed by atoms with van der Waals surface area (Å²) in [5, 5.41) is 22.1. The van der Waals surface area contributed by atoms with Gasteiger partial charge in [-0.2, -0.15) is 5.26 Å². The van der Waals surface area contributed by atoms with Crippen molar-refractivity contribution in [2.24, 2.45) is 0 Å². The Morgan fingerprint density at radius 2 is 1.81 bits per heavy atom. The molecule has 0 amide bonds. The summed E-state index contributed by atoms with van der Waals surface area (Å²) in [5.74, 6) is 1.67. The molecule has 1 aromatic heterocycles. The summed E-state index contributed by atoms with van der Waals surface area (Å²) in [6.45, 7) is 2.96. The average Bonchev–Trinajstić information content (AvgIpc) is 3.33. The topological polar surface area (TPSA) is 57.7 Å². The van der Waals surface area contributed by atoms with E-state index in [2.05, 4.69) is 74.5 Å². The third-order valence-corrected chi connectivity index (χ3v) is 6.70. The van der Waals surface area contributed by atoms with Crippen molar-refractivity contribution >= 4 is 28.7 Å². The summed E-state index contributed by atoms with van der Waals surface area (Å²) in [6, 6.07) is 21.2. The number of allylic oxidation sites excluding steroid dienone is 1. The maximum Gasteiger partial charge on any atom is 0.177 e. The molecule has 0 atom stereocenters. The highest BCUT2D eigenvalue weighted by Gasteiger charge is 2.30. The third kappa shape index (κ3) is 3.66. The first-order chi connectivity index (χ1) is 15.3. The summed E-state index contributed by atoms with van der Waals surface area (Å²) in [5.41, 5.74) is 5.01. The Balaban J connectivity index is 1.65. The summed E-state index contributed by atoms with van der Waals surface area (Å²) in [6.07, 6.45) is 4.32. The van der Waals surface area contributed by atoms with Crippen LogP contribution >= 0.6 is 11.8 Å². The fourth-order valence-corrected chi connectivity index (χ4v) is 5.14. The van der Waals surface area contributed by atoms with E-state index in [4.69, 9.17) is 0 Å². The molecule has 0 bridgehead atoms. The van der Waals surface area contributed by atoms with Crippen molar-refractivity contribution in [2.75, 3.05) is 4.90 Å². The minimum atomic E-state index is 0.577. The zero-order valence-electron chi connectivity index (χ0n) is 17.5. The van der Waals surface area contributed by atoms with Gasteiger partial charge in [-0.15, -0.1) is 10.2 Å². The van der Waals surface area contributed by atoms with Crippen LogP contribution in [-0.4, -0.2) is 14.8 Å². The number of hydrogen-bond donors (Lipinski definition) is 0. The number of nitriles is 1. The molecule has 0 aliphatic carbocycles. The van der Waals surface area contributed by atoms with E-state index >= 15 is 0 Å². The molecule has 0 fully saturated rings. The van der Waals surface area contributed by atoms with Gasteiger partial charge in [0.05, 0.1) is 5.70 Å². The van der Waals surface area contributed by atoms with Crippen LogP contribution < -0.4 is 4.90 Å². The van der Waals surface area contributed by atoms with Gasteiger partial charge in [0.25, 0.3) is 0 Å². The summed E-state index contributed by atoms with van der Waals surface area (Å²) < 4.78 is 2.14. The van der Waals surface area contributed by atoms with E-state index in [1.54, 1.807) is 11.8 Å². The number of para-hydroxylation sites is 1. The van der Waals surface area contributed by atoms with E-state index < -0.39 is 0 Å². The fourth-order valence-electron chi connectivity index (χ4n) is 4.12. The molecule has 5 rings (SSSR count). The van der Waals surface area contributed by atoms with Gasteiger partial charge < -0.3 is 9.47 Å². The molecule has 0 saturated heterocycles. The molecule has 5 nitrogen and oxygen atoms in total. The van der Waals surface area contributed by atoms with E-state index in [0.29, 0.717) is 11.4 Å². The molecule has 31 heavy (non-hydrogen) atoms. The number of benzene rings is 2. The van der Waals surface area contributed by atoms with Gasteiger partial charge in [-0.25, -0.2) is 0 Å². The first-order valence-electron chi connectivity index (χ1n) is 10.6. The summed E-state index contributed by atoms with van der Waals surface area (Å²) in [7, 11) is 0. The van der Waals surface area contributed by atoms with Gasteiger partial charge in [0.2, 0.25) is 0 Å². The number of fused-ring (bicyclic) bond motifs is 1. The average molecular weight is 426 g/mol. The number of anilines is 1. The lowest BCUT2D eigenvalue weighted by Gasteiger charge is -2.25. The van der Waals surface area contributed by atoms with Gasteiger partial charge in [0.15, 0.2) is 5.82 Å². The second-order valence-corrected chi connectivity index (χ2v) is 8.71.